The quantitative estimate of drug-likeness (QED) is 0.871. The number of rotatable bonds is 4. The van der Waals surface area contributed by atoms with E-state index >= 15 is 0 Å². The number of carbonyl (C=O) groups excluding carboxylic acids is 1. The lowest BCUT2D eigenvalue weighted by Crippen LogP contribution is -2.50. The fourth-order valence-electron chi connectivity index (χ4n) is 1.95. The van der Waals surface area contributed by atoms with E-state index in [9.17, 15) is 4.79 Å². The zero-order valence-corrected chi connectivity index (χ0v) is 11.4. The van der Waals surface area contributed by atoms with Crippen molar-refractivity contribution in [3.63, 3.8) is 0 Å². The van der Waals surface area contributed by atoms with Gasteiger partial charge < -0.3 is 20.5 Å². The van der Waals surface area contributed by atoms with E-state index in [1.165, 1.54) is 0 Å². The molecule has 2 rings (SSSR count). The zero-order valence-electron chi connectivity index (χ0n) is 11.4. The molecule has 0 aromatic heterocycles. The van der Waals surface area contributed by atoms with Crippen LogP contribution >= 0.6 is 0 Å². The van der Waals surface area contributed by atoms with Crippen LogP contribution in [0.2, 0.25) is 0 Å². The van der Waals surface area contributed by atoms with Gasteiger partial charge >= 0.3 is 0 Å². The molecule has 5 heteroatoms. The van der Waals surface area contributed by atoms with Crippen LogP contribution in [-0.4, -0.2) is 24.7 Å². The van der Waals surface area contributed by atoms with Crippen molar-refractivity contribution >= 4 is 11.6 Å². The third kappa shape index (κ3) is 2.81. The van der Waals surface area contributed by atoms with E-state index in [-0.39, 0.29) is 5.91 Å². The monoisotopic (exact) mass is 264 g/mol. The highest BCUT2D eigenvalue weighted by Crippen LogP contribution is 2.32. The van der Waals surface area contributed by atoms with Crippen LogP contribution in [0.3, 0.4) is 0 Å². The van der Waals surface area contributed by atoms with Crippen LogP contribution in [-0.2, 0) is 4.79 Å². The van der Waals surface area contributed by atoms with Gasteiger partial charge in [-0.1, -0.05) is 13.8 Å². The van der Waals surface area contributed by atoms with Gasteiger partial charge in [0.25, 0.3) is 0 Å². The van der Waals surface area contributed by atoms with Gasteiger partial charge in [0.05, 0.1) is 5.54 Å². The summed E-state index contributed by atoms with van der Waals surface area (Å²) in [6.45, 7) is 4.89. The highest BCUT2D eigenvalue weighted by Gasteiger charge is 2.30. The Morgan fingerprint density at radius 1 is 1.26 bits per heavy atom. The van der Waals surface area contributed by atoms with Crippen molar-refractivity contribution in [2.45, 2.75) is 32.2 Å². The Morgan fingerprint density at radius 3 is 2.53 bits per heavy atom. The Balaban J connectivity index is 2.13. The van der Waals surface area contributed by atoms with Crippen molar-refractivity contribution in [3.05, 3.63) is 18.2 Å². The van der Waals surface area contributed by atoms with E-state index in [0.29, 0.717) is 43.2 Å². The van der Waals surface area contributed by atoms with E-state index < -0.39 is 5.54 Å². The second kappa shape index (κ2) is 5.48. The number of hydrogen-bond acceptors (Lipinski definition) is 4. The lowest BCUT2D eigenvalue weighted by Gasteiger charge is -2.25. The summed E-state index contributed by atoms with van der Waals surface area (Å²) >= 11 is 0. The average molecular weight is 264 g/mol. The molecule has 104 valence electrons. The van der Waals surface area contributed by atoms with Gasteiger partial charge in [0.2, 0.25) is 5.91 Å². The molecule has 0 saturated carbocycles. The van der Waals surface area contributed by atoms with Crippen molar-refractivity contribution in [1.29, 1.82) is 0 Å². The molecule has 1 aromatic rings. The molecule has 19 heavy (non-hydrogen) atoms. The van der Waals surface area contributed by atoms with Crippen LogP contribution in [0.1, 0.15) is 26.7 Å². The highest BCUT2D eigenvalue weighted by molar-refractivity contribution is 5.98. The SMILES string of the molecule is CCC(N)(CC)C(=O)Nc1ccc2c(c1)OCCO2. The standard InChI is InChI=1S/C14H20N2O3/c1-3-14(15,4-2)13(17)16-10-5-6-11-12(9-10)19-8-7-18-11/h5-6,9H,3-4,7-8,15H2,1-2H3,(H,16,17). The maximum Gasteiger partial charge on any atom is 0.244 e. The van der Waals surface area contributed by atoms with Crippen LogP contribution in [0, 0.1) is 0 Å². The van der Waals surface area contributed by atoms with Gasteiger partial charge in [0.1, 0.15) is 13.2 Å². The summed E-state index contributed by atoms with van der Waals surface area (Å²) in [7, 11) is 0. The first-order chi connectivity index (χ1) is 9.09. The van der Waals surface area contributed by atoms with Gasteiger partial charge in [-0.05, 0) is 25.0 Å². The molecule has 3 N–H and O–H groups in total. The Bertz CT molecular complexity index is 470. The van der Waals surface area contributed by atoms with E-state index in [2.05, 4.69) is 5.32 Å². The second-order valence-corrected chi connectivity index (χ2v) is 4.68. The van der Waals surface area contributed by atoms with E-state index in [1.807, 2.05) is 13.8 Å². The summed E-state index contributed by atoms with van der Waals surface area (Å²) in [6.07, 6.45) is 1.19. The summed E-state index contributed by atoms with van der Waals surface area (Å²) in [4.78, 5) is 12.2. The molecule has 5 nitrogen and oxygen atoms in total. The number of anilines is 1. The number of hydrogen-bond donors (Lipinski definition) is 2. The Hall–Kier alpha value is -1.75. The molecule has 0 unspecified atom stereocenters. The fourth-order valence-corrected chi connectivity index (χ4v) is 1.95. The lowest BCUT2D eigenvalue weighted by molar-refractivity contribution is -0.121. The molecule has 1 heterocycles. The van der Waals surface area contributed by atoms with Crippen molar-refractivity contribution in [2.24, 2.45) is 5.73 Å². The van der Waals surface area contributed by atoms with Crippen LogP contribution < -0.4 is 20.5 Å². The van der Waals surface area contributed by atoms with E-state index in [0.717, 1.165) is 0 Å². The maximum absolute atomic E-state index is 12.2. The number of nitrogens with two attached hydrogens (primary N) is 1. The Kier molecular flexibility index (Phi) is 3.95. The smallest absolute Gasteiger partial charge is 0.244 e. The molecule has 0 saturated heterocycles. The minimum absolute atomic E-state index is 0.172. The molecule has 0 atom stereocenters. The largest absolute Gasteiger partial charge is 0.486 e. The topological polar surface area (TPSA) is 73.6 Å². The van der Waals surface area contributed by atoms with Gasteiger partial charge in [-0.2, -0.15) is 0 Å². The summed E-state index contributed by atoms with van der Waals surface area (Å²) in [6, 6.07) is 5.34. The molecule has 0 bridgehead atoms. The van der Waals surface area contributed by atoms with Crippen molar-refractivity contribution in [1.82, 2.24) is 0 Å². The van der Waals surface area contributed by atoms with Gasteiger partial charge in [0, 0.05) is 11.8 Å². The highest BCUT2D eigenvalue weighted by atomic mass is 16.6. The number of carbonyl (C=O) groups is 1. The van der Waals surface area contributed by atoms with Crippen LogP contribution in [0.5, 0.6) is 11.5 Å². The van der Waals surface area contributed by atoms with Crippen LogP contribution in [0.25, 0.3) is 0 Å². The number of ether oxygens (including phenoxy) is 2. The van der Waals surface area contributed by atoms with Gasteiger partial charge in [-0.25, -0.2) is 0 Å². The predicted octanol–water partition coefficient (Wildman–Crippen LogP) is 1.91. The molecule has 1 amide bonds. The van der Waals surface area contributed by atoms with Crippen molar-refractivity contribution < 1.29 is 14.3 Å². The summed E-state index contributed by atoms with van der Waals surface area (Å²) < 4.78 is 10.9. The number of nitrogens with one attached hydrogen (secondary N) is 1. The minimum Gasteiger partial charge on any atom is -0.486 e. The zero-order chi connectivity index (χ0) is 13.9. The summed E-state index contributed by atoms with van der Waals surface area (Å²) in [5.74, 6) is 1.18. The molecule has 0 fully saturated rings. The van der Waals surface area contributed by atoms with Gasteiger partial charge in [-0.15, -0.1) is 0 Å². The van der Waals surface area contributed by atoms with Gasteiger partial charge in [0.15, 0.2) is 11.5 Å². The van der Waals surface area contributed by atoms with E-state index in [4.69, 9.17) is 15.2 Å². The van der Waals surface area contributed by atoms with Crippen LogP contribution in [0.15, 0.2) is 18.2 Å². The number of benzene rings is 1. The molecule has 0 spiro atoms. The molecule has 0 radical (unpaired) electrons. The second-order valence-electron chi connectivity index (χ2n) is 4.68. The van der Waals surface area contributed by atoms with Crippen molar-refractivity contribution in [2.75, 3.05) is 18.5 Å². The predicted molar refractivity (Wildman–Crippen MR) is 73.6 cm³/mol. The first-order valence-corrected chi connectivity index (χ1v) is 6.59. The minimum atomic E-state index is -0.826. The molecular formula is C14H20N2O3. The molecular weight excluding hydrogens is 244 g/mol. The summed E-state index contributed by atoms with van der Waals surface area (Å²) in [5.41, 5.74) is 5.90. The lowest BCUT2D eigenvalue weighted by atomic mass is 9.93. The molecule has 1 aromatic carbocycles. The van der Waals surface area contributed by atoms with E-state index in [1.54, 1.807) is 18.2 Å². The third-order valence-electron chi connectivity index (χ3n) is 3.51. The first kappa shape index (κ1) is 13.7. The maximum atomic E-state index is 12.2. The molecule has 0 aliphatic carbocycles. The molecule has 1 aliphatic rings. The Labute approximate surface area is 113 Å². The number of amides is 1. The third-order valence-corrected chi connectivity index (χ3v) is 3.51. The number of fused-ring (bicyclic) bond motifs is 1. The summed E-state index contributed by atoms with van der Waals surface area (Å²) in [5, 5.41) is 2.83. The fraction of sp³-hybridized carbons (Fsp3) is 0.500. The van der Waals surface area contributed by atoms with Gasteiger partial charge in [-0.3, -0.25) is 4.79 Å². The molecule has 1 aliphatic heterocycles. The first-order valence-electron chi connectivity index (χ1n) is 6.59. The van der Waals surface area contributed by atoms with Crippen molar-refractivity contribution in [3.8, 4) is 11.5 Å². The Morgan fingerprint density at radius 2 is 1.89 bits per heavy atom. The van der Waals surface area contributed by atoms with Crippen LogP contribution in [0.4, 0.5) is 5.69 Å². The normalized spacial score (nSPS) is 14.1. The average Bonchev–Trinajstić information content (AvgIpc) is 2.46.